The summed E-state index contributed by atoms with van der Waals surface area (Å²) >= 11 is 0. The predicted molar refractivity (Wildman–Crippen MR) is 63.2 cm³/mol. The Balaban J connectivity index is 1.72. The van der Waals surface area contributed by atoms with Gasteiger partial charge in [-0.15, -0.1) is 0 Å². The third-order valence-electron chi connectivity index (χ3n) is 3.52. The molecule has 1 heterocycles. The maximum Gasteiger partial charge on any atom is 0.226 e. The number of aromatic nitrogens is 2. The van der Waals surface area contributed by atoms with Crippen LogP contribution in [0.4, 0.5) is 0 Å². The summed E-state index contributed by atoms with van der Waals surface area (Å²) in [4.78, 5) is 11.6. The second kappa shape index (κ2) is 5.82. The average Bonchev–Trinajstić information content (AvgIpc) is 2.96. The summed E-state index contributed by atoms with van der Waals surface area (Å²) in [7, 11) is 0. The van der Waals surface area contributed by atoms with Crippen molar-refractivity contribution in [2.24, 2.45) is 11.8 Å². The fourth-order valence-electron chi connectivity index (χ4n) is 2.49. The minimum absolute atomic E-state index is 0.0119. The van der Waals surface area contributed by atoms with E-state index in [4.69, 9.17) is 0 Å². The zero-order valence-corrected chi connectivity index (χ0v) is 9.85. The van der Waals surface area contributed by atoms with Gasteiger partial charge in [0.1, 0.15) is 0 Å². The molecule has 0 spiro atoms. The van der Waals surface area contributed by atoms with Crippen LogP contribution in [-0.4, -0.2) is 34.4 Å². The first-order valence-corrected chi connectivity index (χ1v) is 6.15. The normalized spacial score (nSPS) is 23.8. The monoisotopic (exact) mass is 237 g/mol. The molecule has 0 aromatic carbocycles. The van der Waals surface area contributed by atoms with E-state index in [2.05, 4.69) is 15.5 Å². The molecule has 2 unspecified atom stereocenters. The van der Waals surface area contributed by atoms with Crippen molar-refractivity contribution in [3.05, 3.63) is 18.0 Å². The first-order valence-electron chi connectivity index (χ1n) is 6.15. The van der Waals surface area contributed by atoms with Crippen LogP contribution in [0, 0.1) is 11.8 Å². The molecule has 1 saturated carbocycles. The summed E-state index contributed by atoms with van der Waals surface area (Å²) in [5.41, 5.74) is 0.827. The van der Waals surface area contributed by atoms with Gasteiger partial charge in [0.15, 0.2) is 0 Å². The zero-order valence-electron chi connectivity index (χ0n) is 9.85. The highest BCUT2D eigenvalue weighted by molar-refractivity contribution is 5.78. The van der Waals surface area contributed by atoms with E-state index in [-0.39, 0.29) is 12.5 Å². The average molecular weight is 237 g/mol. The van der Waals surface area contributed by atoms with E-state index >= 15 is 0 Å². The number of H-pyrrole nitrogens is 1. The fourth-order valence-corrected chi connectivity index (χ4v) is 2.49. The van der Waals surface area contributed by atoms with Crippen LogP contribution < -0.4 is 5.32 Å². The number of nitrogens with one attached hydrogen (secondary N) is 2. The van der Waals surface area contributed by atoms with Crippen molar-refractivity contribution >= 4 is 5.91 Å². The highest BCUT2D eigenvalue weighted by Gasteiger charge is 2.26. The number of rotatable bonds is 5. The molecular weight excluding hydrogens is 218 g/mol. The maximum absolute atomic E-state index is 11.6. The van der Waals surface area contributed by atoms with Gasteiger partial charge in [0.2, 0.25) is 5.91 Å². The van der Waals surface area contributed by atoms with Gasteiger partial charge >= 0.3 is 0 Å². The Hall–Kier alpha value is -1.36. The smallest absolute Gasteiger partial charge is 0.226 e. The van der Waals surface area contributed by atoms with Gasteiger partial charge in [-0.1, -0.05) is 6.42 Å². The number of aliphatic hydroxyl groups excluding tert-OH is 1. The molecule has 5 nitrogen and oxygen atoms in total. The van der Waals surface area contributed by atoms with Gasteiger partial charge in [0, 0.05) is 25.0 Å². The Labute approximate surface area is 101 Å². The summed E-state index contributed by atoms with van der Waals surface area (Å²) in [5, 5.41) is 18.7. The second-order valence-corrected chi connectivity index (χ2v) is 4.70. The van der Waals surface area contributed by atoms with Crippen LogP contribution in [0.1, 0.15) is 25.0 Å². The second-order valence-electron chi connectivity index (χ2n) is 4.70. The topological polar surface area (TPSA) is 78.0 Å². The van der Waals surface area contributed by atoms with E-state index in [9.17, 15) is 9.90 Å². The molecule has 3 N–H and O–H groups in total. The third-order valence-corrected chi connectivity index (χ3v) is 3.52. The number of carbonyl (C=O) groups is 1. The van der Waals surface area contributed by atoms with E-state index in [1.165, 1.54) is 0 Å². The first kappa shape index (κ1) is 12.1. The Morgan fingerprint density at radius 2 is 2.35 bits per heavy atom. The first-order chi connectivity index (χ1) is 8.29. The van der Waals surface area contributed by atoms with Crippen LogP contribution in [0.5, 0.6) is 0 Å². The summed E-state index contributed by atoms with van der Waals surface area (Å²) < 4.78 is 0. The highest BCUT2D eigenvalue weighted by atomic mass is 16.3. The Bertz CT molecular complexity index is 351. The van der Waals surface area contributed by atoms with Crippen molar-refractivity contribution < 1.29 is 9.90 Å². The molecule has 1 aliphatic rings. The molecule has 1 aliphatic carbocycles. The molecule has 5 heteroatoms. The van der Waals surface area contributed by atoms with Gasteiger partial charge < -0.3 is 10.4 Å². The molecule has 1 amide bonds. The van der Waals surface area contributed by atoms with E-state index in [0.717, 1.165) is 25.0 Å². The lowest BCUT2D eigenvalue weighted by Crippen LogP contribution is -2.32. The van der Waals surface area contributed by atoms with Crippen LogP contribution in [0.3, 0.4) is 0 Å². The standard InChI is InChI=1S/C12H19N3O2/c16-8-10-3-1-2-9(10)7-13-12(17)6-11-4-5-14-15-11/h4-5,9-10,16H,1-3,6-8H2,(H,13,17)(H,14,15). The van der Waals surface area contributed by atoms with Crippen LogP contribution >= 0.6 is 0 Å². The summed E-state index contributed by atoms with van der Waals surface area (Å²) in [5.74, 6) is 0.811. The number of hydrogen-bond donors (Lipinski definition) is 3. The van der Waals surface area contributed by atoms with Crippen LogP contribution in [-0.2, 0) is 11.2 Å². The van der Waals surface area contributed by atoms with Crippen molar-refractivity contribution in [1.82, 2.24) is 15.5 Å². The van der Waals surface area contributed by atoms with Crippen LogP contribution in [0.25, 0.3) is 0 Å². The largest absolute Gasteiger partial charge is 0.396 e. The zero-order chi connectivity index (χ0) is 12.1. The van der Waals surface area contributed by atoms with Crippen LogP contribution in [0.15, 0.2) is 12.3 Å². The molecule has 0 aliphatic heterocycles. The SMILES string of the molecule is O=C(Cc1ccn[nH]1)NCC1CCCC1CO. The molecule has 94 valence electrons. The van der Waals surface area contributed by atoms with Gasteiger partial charge in [0.25, 0.3) is 0 Å². The predicted octanol–water partition coefficient (Wildman–Crippen LogP) is 0.477. The lowest BCUT2D eigenvalue weighted by atomic mass is 9.97. The van der Waals surface area contributed by atoms with E-state index in [1.54, 1.807) is 12.3 Å². The number of amides is 1. The Morgan fingerprint density at radius 1 is 1.53 bits per heavy atom. The van der Waals surface area contributed by atoms with Crippen molar-refractivity contribution in [2.75, 3.05) is 13.2 Å². The van der Waals surface area contributed by atoms with Gasteiger partial charge in [-0.3, -0.25) is 9.89 Å². The molecule has 1 aromatic rings. The van der Waals surface area contributed by atoms with Crippen molar-refractivity contribution in [1.29, 1.82) is 0 Å². The number of carbonyl (C=O) groups excluding carboxylic acids is 1. The fraction of sp³-hybridized carbons (Fsp3) is 0.667. The molecule has 17 heavy (non-hydrogen) atoms. The number of aliphatic hydroxyl groups is 1. The van der Waals surface area contributed by atoms with E-state index in [0.29, 0.717) is 24.8 Å². The minimum atomic E-state index is 0.0119. The van der Waals surface area contributed by atoms with Crippen molar-refractivity contribution in [3.8, 4) is 0 Å². The van der Waals surface area contributed by atoms with Gasteiger partial charge in [-0.05, 0) is 30.7 Å². The van der Waals surface area contributed by atoms with Crippen molar-refractivity contribution in [2.45, 2.75) is 25.7 Å². The lowest BCUT2D eigenvalue weighted by Gasteiger charge is -2.17. The van der Waals surface area contributed by atoms with E-state index in [1.807, 2.05) is 0 Å². The lowest BCUT2D eigenvalue weighted by molar-refractivity contribution is -0.120. The summed E-state index contributed by atoms with van der Waals surface area (Å²) in [6.45, 7) is 0.916. The minimum Gasteiger partial charge on any atom is -0.396 e. The third kappa shape index (κ3) is 3.30. The molecule has 1 aromatic heterocycles. The van der Waals surface area contributed by atoms with Crippen molar-refractivity contribution in [3.63, 3.8) is 0 Å². The van der Waals surface area contributed by atoms with E-state index < -0.39 is 0 Å². The molecule has 0 saturated heterocycles. The number of hydrogen-bond acceptors (Lipinski definition) is 3. The molecule has 0 bridgehead atoms. The summed E-state index contributed by atoms with van der Waals surface area (Å²) in [6.07, 6.45) is 5.33. The summed E-state index contributed by atoms with van der Waals surface area (Å²) in [6, 6.07) is 1.80. The molecular formula is C12H19N3O2. The Kier molecular flexibility index (Phi) is 4.14. The maximum atomic E-state index is 11.6. The molecule has 1 fully saturated rings. The quantitative estimate of drug-likeness (QED) is 0.697. The molecule has 0 radical (unpaired) electrons. The van der Waals surface area contributed by atoms with Gasteiger partial charge in [-0.25, -0.2) is 0 Å². The number of nitrogens with zero attached hydrogens (tertiary/aromatic N) is 1. The highest BCUT2D eigenvalue weighted by Crippen LogP contribution is 2.30. The van der Waals surface area contributed by atoms with Crippen LogP contribution in [0.2, 0.25) is 0 Å². The van der Waals surface area contributed by atoms with Gasteiger partial charge in [0.05, 0.1) is 6.42 Å². The molecule has 2 atom stereocenters. The molecule has 2 rings (SSSR count). The van der Waals surface area contributed by atoms with Gasteiger partial charge in [-0.2, -0.15) is 5.10 Å². The Morgan fingerprint density at radius 3 is 3.06 bits per heavy atom. The number of aromatic amines is 1.